The molecule has 8 heteroatoms. The topological polar surface area (TPSA) is 115 Å². The number of hydrogen-bond acceptors (Lipinski definition) is 5. The number of carboxylic acid groups (broad SMARTS) is 2. The maximum Gasteiger partial charge on any atom is 0.329 e. The lowest BCUT2D eigenvalue weighted by Crippen LogP contribution is -2.47. The summed E-state index contributed by atoms with van der Waals surface area (Å²) < 4.78 is 0. The molecule has 0 aromatic rings. The molecule has 19 heavy (non-hydrogen) atoms. The van der Waals surface area contributed by atoms with Crippen LogP contribution in [0.3, 0.4) is 0 Å². The van der Waals surface area contributed by atoms with E-state index >= 15 is 0 Å². The van der Waals surface area contributed by atoms with Gasteiger partial charge in [0.25, 0.3) is 0 Å². The Kier molecular flexibility index (Phi) is 5.19. The van der Waals surface area contributed by atoms with Gasteiger partial charge in [-0.05, 0) is 20.3 Å². The van der Waals surface area contributed by atoms with E-state index in [1.807, 2.05) is 0 Å². The van der Waals surface area contributed by atoms with Gasteiger partial charge in [-0.25, -0.2) is 4.79 Å². The molecule has 1 saturated heterocycles. The van der Waals surface area contributed by atoms with Crippen LogP contribution in [0, 0.1) is 0 Å². The second-order valence-electron chi connectivity index (χ2n) is 4.43. The monoisotopic (exact) mass is 291 g/mol. The summed E-state index contributed by atoms with van der Waals surface area (Å²) in [6.45, 7) is 3.17. The Morgan fingerprint density at radius 2 is 1.79 bits per heavy atom. The highest BCUT2D eigenvalue weighted by Crippen LogP contribution is 2.25. The molecule has 0 aromatic carbocycles. The lowest BCUT2D eigenvalue weighted by molar-refractivity contribution is -0.150. The van der Waals surface area contributed by atoms with Crippen molar-refractivity contribution in [3.8, 4) is 0 Å². The van der Waals surface area contributed by atoms with Gasteiger partial charge in [0.15, 0.2) is 6.04 Å². The number of likely N-dealkylation sites (tertiary alicyclic amines) is 1. The molecule has 1 aliphatic heterocycles. The van der Waals surface area contributed by atoms with E-state index in [1.54, 1.807) is 0 Å². The summed E-state index contributed by atoms with van der Waals surface area (Å²) in [5, 5.41) is 25.9. The Labute approximate surface area is 114 Å². The molecule has 0 aromatic heterocycles. The second-order valence-corrected chi connectivity index (χ2v) is 6.12. The van der Waals surface area contributed by atoms with Crippen molar-refractivity contribution in [1.82, 2.24) is 4.90 Å². The Morgan fingerprint density at radius 3 is 2.26 bits per heavy atom. The van der Waals surface area contributed by atoms with Crippen molar-refractivity contribution >= 4 is 29.6 Å². The van der Waals surface area contributed by atoms with Crippen molar-refractivity contribution in [2.24, 2.45) is 0 Å². The molecule has 0 bridgehead atoms. The maximum absolute atomic E-state index is 12.1. The fourth-order valence-electron chi connectivity index (χ4n) is 1.98. The first-order valence-corrected chi connectivity index (χ1v) is 6.79. The number of nitrogens with zero attached hydrogens (tertiary/aromatic N) is 1. The number of carbonyl (C=O) groups is 3. The van der Waals surface area contributed by atoms with Gasteiger partial charge in [0.1, 0.15) is 5.25 Å². The Balaban J connectivity index is 2.71. The molecule has 1 heterocycles. The van der Waals surface area contributed by atoms with Crippen molar-refractivity contribution in [3.63, 3.8) is 0 Å². The van der Waals surface area contributed by atoms with Crippen LogP contribution in [0.2, 0.25) is 0 Å². The number of aliphatic hydroxyl groups is 1. The highest BCUT2D eigenvalue weighted by molar-refractivity contribution is 8.01. The van der Waals surface area contributed by atoms with E-state index in [4.69, 9.17) is 10.2 Å². The smallest absolute Gasteiger partial charge is 0.329 e. The van der Waals surface area contributed by atoms with Gasteiger partial charge >= 0.3 is 11.9 Å². The van der Waals surface area contributed by atoms with E-state index in [0.717, 1.165) is 16.7 Å². The number of thioether (sulfide) groups is 1. The van der Waals surface area contributed by atoms with Gasteiger partial charge in [-0.3, -0.25) is 9.59 Å². The summed E-state index contributed by atoms with van der Waals surface area (Å²) in [6.07, 6.45) is -0.857. The van der Waals surface area contributed by atoms with E-state index in [9.17, 15) is 19.5 Å². The summed E-state index contributed by atoms with van der Waals surface area (Å²) in [5.74, 6) is -2.73. The zero-order valence-corrected chi connectivity index (χ0v) is 11.5. The second kappa shape index (κ2) is 6.25. The van der Waals surface area contributed by atoms with Crippen LogP contribution in [-0.2, 0) is 14.4 Å². The molecule has 1 rings (SSSR count). The van der Waals surface area contributed by atoms with Gasteiger partial charge < -0.3 is 20.2 Å². The van der Waals surface area contributed by atoms with Gasteiger partial charge in [0.05, 0.1) is 11.4 Å². The Morgan fingerprint density at radius 1 is 1.21 bits per heavy atom. The molecular weight excluding hydrogens is 274 g/mol. The molecule has 0 radical (unpaired) electrons. The van der Waals surface area contributed by atoms with Crippen LogP contribution in [0.5, 0.6) is 0 Å². The Hall–Kier alpha value is -1.28. The van der Waals surface area contributed by atoms with Gasteiger partial charge in [0.2, 0.25) is 5.91 Å². The van der Waals surface area contributed by atoms with Crippen LogP contribution in [0.1, 0.15) is 20.3 Å². The zero-order valence-electron chi connectivity index (χ0n) is 10.6. The quantitative estimate of drug-likeness (QED) is 0.633. The average Bonchev–Trinajstić information content (AvgIpc) is 2.69. The first-order valence-electron chi connectivity index (χ1n) is 5.85. The standard InChI is InChI=1S/C11H17NO6S/c1-5(19-6(2)10(15)16)9(14)12-4-3-7(13)8(12)11(17)18/h5-8,13H,3-4H2,1-2H3,(H,15,16)(H,17,18)/t5?,6?,7?,8-/m0/s1. The number of carbonyl (C=O) groups excluding carboxylic acids is 1. The number of rotatable bonds is 5. The predicted molar refractivity (Wildman–Crippen MR) is 67.9 cm³/mol. The van der Waals surface area contributed by atoms with Crippen molar-refractivity contribution < 1.29 is 29.7 Å². The number of aliphatic carboxylic acids is 2. The lowest BCUT2D eigenvalue weighted by Gasteiger charge is -2.26. The van der Waals surface area contributed by atoms with E-state index < -0.39 is 40.5 Å². The van der Waals surface area contributed by atoms with Crippen molar-refractivity contribution in [1.29, 1.82) is 0 Å². The summed E-state index contributed by atoms with van der Waals surface area (Å²) in [7, 11) is 0. The van der Waals surface area contributed by atoms with Crippen LogP contribution in [0.15, 0.2) is 0 Å². The minimum absolute atomic E-state index is 0.170. The van der Waals surface area contributed by atoms with Crippen LogP contribution in [0.4, 0.5) is 0 Å². The SMILES string of the molecule is CC(SC(C)C(=O)N1CCC(O)[C@H]1C(=O)O)C(=O)O. The number of carboxylic acids is 2. The first-order chi connectivity index (χ1) is 8.75. The fourth-order valence-corrected chi connectivity index (χ4v) is 2.96. The highest BCUT2D eigenvalue weighted by atomic mass is 32.2. The minimum Gasteiger partial charge on any atom is -0.480 e. The van der Waals surface area contributed by atoms with E-state index in [-0.39, 0.29) is 13.0 Å². The average molecular weight is 291 g/mol. The summed E-state index contributed by atoms with van der Waals surface area (Å²) in [5.41, 5.74) is 0. The van der Waals surface area contributed by atoms with Crippen LogP contribution >= 0.6 is 11.8 Å². The van der Waals surface area contributed by atoms with E-state index in [1.165, 1.54) is 13.8 Å². The summed E-state index contributed by atoms with van der Waals surface area (Å²) >= 11 is 0.952. The summed E-state index contributed by atoms with van der Waals surface area (Å²) in [4.78, 5) is 35.0. The minimum atomic E-state index is -1.25. The number of aliphatic hydroxyl groups excluding tert-OH is 1. The number of hydrogen-bond donors (Lipinski definition) is 3. The molecule has 1 aliphatic rings. The molecule has 0 aliphatic carbocycles. The molecule has 1 fully saturated rings. The van der Waals surface area contributed by atoms with Gasteiger partial charge in [-0.15, -0.1) is 11.8 Å². The molecule has 108 valence electrons. The highest BCUT2D eigenvalue weighted by Gasteiger charge is 2.42. The van der Waals surface area contributed by atoms with Gasteiger partial charge in [-0.1, -0.05) is 0 Å². The third-order valence-electron chi connectivity index (χ3n) is 3.01. The van der Waals surface area contributed by atoms with Crippen LogP contribution < -0.4 is 0 Å². The molecule has 1 amide bonds. The molecule has 3 unspecified atom stereocenters. The zero-order chi connectivity index (χ0) is 14.7. The third-order valence-corrected chi connectivity index (χ3v) is 4.23. The lowest BCUT2D eigenvalue weighted by atomic mass is 10.2. The van der Waals surface area contributed by atoms with Crippen molar-refractivity contribution in [3.05, 3.63) is 0 Å². The molecule has 0 spiro atoms. The van der Waals surface area contributed by atoms with E-state index in [2.05, 4.69) is 0 Å². The fraction of sp³-hybridized carbons (Fsp3) is 0.727. The molecule has 3 N–H and O–H groups in total. The molecular formula is C11H17NO6S. The van der Waals surface area contributed by atoms with Gasteiger partial charge in [-0.2, -0.15) is 0 Å². The van der Waals surface area contributed by atoms with E-state index in [0.29, 0.717) is 0 Å². The van der Waals surface area contributed by atoms with Crippen molar-refractivity contribution in [2.75, 3.05) is 6.54 Å². The third kappa shape index (κ3) is 3.60. The van der Waals surface area contributed by atoms with Gasteiger partial charge in [0, 0.05) is 6.54 Å². The van der Waals surface area contributed by atoms with Crippen LogP contribution in [0.25, 0.3) is 0 Å². The first kappa shape index (κ1) is 15.8. The summed E-state index contributed by atoms with van der Waals surface area (Å²) in [6, 6.07) is -1.24. The van der Waals surface area contributed by atoms with Crippen LogP contribution in [-0.4, -0.2) is 67.3 Å². The largest absolute Gasteiger partial charge is 0.480 e. The molecule has 7 nitrogen and oxygen atoms in total. The normalized spacial score (nSPS) is 25.9. The Bertz CT molecular complexity index is 387. The number of amides is 1. The molecule has 0 saturated carbocycles. The predicted octanol–water partition coefficient (Wildman–Crippen LogP) is -0.372. The molecule has 4 atom stereocenters. The van der Waals surface area contributed by atoms with Crippen molar-refractivity contribution in [2.45, 2.75) is 42.9 Å². The maximum atomic E-state index is 12.1.